The minimum atomic E-state index is -0.0513. The van der Waals surface area contributed by atoms with Crippen LogP contribution in [0.15, 0.2) is 18.3 Å². The topological polar surface area (TPSA) is 57.6 Å². The number of carbonyl (C=O) groups is 2. The number of unbranched alkanes of at least 4 members (excludes halogenated alkanes) is 1. The van der Waals surface area contributed by atoms with Crippen molar-refractivity contribution in [1.29, 1.82) is 0 Å². The van der Waals surface area contributed by atoms with Gasteiger partial charge in [0.25, 0.3) is 0 Å². The van der Waals surface area contributed by atoms with E-state index in [9.17, 15) is 9.59 Å². The number of carbonyl (C=O) groups excluding carboxylic acids is 2. The van der Waals surface area contributed by atoms with Crippen LogP contribution in [0.1, 0.15) is 77.8 Å². The van der Waals surface area contributed by atoms with E-state index in [-0.39, 0.29) is 30.1 Å². The van der Waals surface area contributed by atoms with Crippen molar-refractivity contribution < 1.29 is 9.59 Å². The molecule has 3 amide bonds. The van der Waals surface area contributed by atoms with E-state index in [1.807, 2.05) is 38.1 Å². The molecule has 0 unspecified atom stereocenters. The van der Waals surface area contributed by atoms with Gasteiger partial charge in [-0.25, -0.2) is 4.79 Å². The third kappa shape index (κ3) is 4.99. The summed E-state index contributed by atoms with van der Waals surface area (Å²) in [7, 11) is 2.01. The number of rotatable bonds is 9. The predicted molar refractivity (Wildman–Crippen MR) is 127 cm³/mol. The quantitative estimate of drug-likeness (QED) is 0.610. The van der Waals surface area contributed by atoms with Crippen molar-refractivity contribution in [3.05, 3.63) is 24.0 Å². The van der Waals surface area contributed by atoms with Crippen molar-refractivity contribution in [2.24, 2.45) is 24.8 Å². The molecule has 6 heteroatoms. The average Bonchev–Trinajstić information content (AvgIpc) is 3.11. The fourth-order valence-electron chi connectivity index (χ4n) is 6.79. The summed E-state index contributed by atoms with van der Waals surface area (Å²) in [4.78, 5) is 30.5. The van der Waals surface area contributed by atoms with E-state index in [1.165, 1.54) is 19.3 Å². The second-order valence-corrected chi connectivity index (χ2v) is 11.1. The minimum Gasteiger partial charge on any atom is -0.353 e. The van der Waals surface area contributed by atoms with Crippen LogP contribution < -0.4 is 5.32 Å². The molecule has 1 N–H and O–H groups in total. The number of nitrogens with zero attached hydrogens (tertiary/aromatic N) is 3. The summed E-state index contributed by atoms with van der Waals surface area (Å²) in [6.45, 7) is 7.63. The van der Waals surface area contributed by atoms with Gasteiger partial charge in [-0.05, 0) is 88.7 Å². The normalized spacial score (nSPS) is 28.2. The number of aryl methyl sites for hydroxylation is 1. The molecule has 4 fully saturated rings. The highest BCUT2D eigenvalue weighted by atomic mass is 16.2. The molecule has 4 saturated carbocycles. The van der Waals surface area contributed by atoms with Gasteiger partial charge >= 0.3 is 6.03 Å². The van der Waals surface area contributed by atoms with Gasteiger partial charge in [0, 0.05) is 37.1 Å². The highest BCUT2D eigenvalue weighted by molar-refractivity contribution is 5.84. The largest absolute Gasteiger partial charge is 0.353 e. The van der Waals surface area contributed by atoms with Crippen LogP contribution in [-0.4, -0.2) is 51.0 Å². The van der Waals surface area contributed by atoms with Gasteiger partial charge in [-0.15, -0.1) is 0 Å². The minimum absolute atomic E-state index is 0.0177. The zero-order chi connectivity index (χ0) is 22.9. The van der Waals surface area contributed by atoms with Gasteiger partial charge in [0.2, 0.25) is 5.91 Å². The number of aromatic nitrogens is 1. The molecule has 1 heterocycles. The van der Waals surface area contributed by atoms with Gasteiger partial charge in [0.1, 0.15) is 6.54 Å². The summed E-state index contributed by atoms with van der Waals surface area (Å²) < 4.78 is 2.06. The second-order valence-electron chi connectivity index (χ2n) is 11.1. The molecule has 5 rings (SSSR count). The molecule has 178 valence electrons. The molecule has 1 aromatic rings. The molecule has 0 saturated heterocycles. The maximum atomic E-state index is 13.5. The first-order chi connectivity index (χ1) is 15.3. The van der Waals surface area contributed by atoms with Crippen LogP contribution in [0.5, 0.6) is 0 Å². The molecular weight excluding hydrogens is 400 g/mol. The van der Waals surface area contributed by atoms with Crippen molar-refractivity contribution in [1.82, 2.24) is 19.7 Å². The molecular formula is C26H42N4O2. The Kier molecular flexibility index (Phi) is 6.87. The van der Waals surface area contributed by atoms with E-state index >= 15 is 0 Å². The maximum Gasteiger partial charge on any atom is 0.318 e. The van der Waals surface area contributed by atoms with Crippen molar-refractivity contribution in [2.45, 2.75) is 90.3 Å². The molecule has 4 aliphatic rings. The van der Waals surface area contributed by atoms with Gasteiger partial charge in [-0.3, -0.25) is 4.79 Å². The van der Waals surface area contributed by atoms with Crippen molar-refractivity contribution in [3.8, 4) is 0 Å². The monoisotopic (exact) mass is 442 g/mol. The first kappa shape index (κ1) is 23.2. The summed E-state index contributed by atoms with van der Waals surface area (Å²) in [6, 6.07) is 4.00. The lowest BCUT2D eigenvalue weighted by atomic mass is 9.53. The molecule has 1 aromatic heterocycles. The number of hydrogen-bond donors (Lipinski definition) is 1. The molecule has 0 radical (unpaired) electrons. The van der Waals surface area contributed by atoms with Gasteiger partial charge < -0.3 is 19.7 Å². The summed E-state index contributed by atoms with van der Waals surface area (Å²) >= 11 is 0. The Morgan fingerprint density at radius 1 is 1.16 bits per heavy atom. The Morgan fingerprint density at radius 3 is 2.28 bits per heavy atom. The second kappa shape index (κ2) is 9.48. The highest BCUT2D eigenvalue weighted by Gasteiger charge is 2.52. The number of hydrogen-bond acceptors (Lipinski definition) is 2. The summed E-state index contributed by atoms with van der Waals surface area (Å²) in [6.07, 6.45) is 11.5. The van der Waals surface area contributed by atoms with Crippen LogP contribution in [-0.2, 0) is 18.4 Å². The summed E-state index contributed by atoms with van der Waals surface area (Å²) in [5, 5.41) is 3.46. The maximum absolute atomic E-state index is 13.5. The molecule has 4 aliphatic carbocycles. The summed E-state index contributed by atoms with van der Waals surface area (Å²) in [5.41, 5.74) is 1.08. The fourth-order valence-corrected chi connectivity index (χ4v) is 6.79. The molecule has 4 bridgehead atoms. The molecule has 0 aliphatic heterocycles. The van der Waals surface area contributed by atoms with Crippen molar-refractivity contribution in [2.75, 3.05) is 13.1 Å². The SMILES string of the molecule is CCCCN(Cc1cccn1C)C(=O)CN(C(=O)NC12CC3CC(CC(C3)C1)C2)C(C)C. The molecule has 32 heavy (non-hydrogen) atoms. The van der Waals surface area contributed by atoms with E-state index in [4.69, 9.17) is 0 Å². The van der Waals surface area contributed by atoms with E-state index in [0.29, 0.717) is 6.54 Å². The third-order valence-corrected chi connectivity index (χ3v) is 8.14. The Balaban J connectivity index is 1.42. The van der Waals surface area contributed by atoms with Gasteiger partial charge in [0.15, 0.2) is 0 Å². The Bertz CT molecular complexity index is 779. The Morgan fingerprint density at radius 2 is 1.78 bits per heavy atom. The molecule has 6 nitrogen and oxygen atoms in total. The first-order valence-corrected chi connectivity index (χ1v) is 12.8. The van der Waals surface area contributed by atoms with Gasteiger partial charge in [-0.1, -0.05) is 13.3 Å². The summed E-state index contributed by atoms with van der Waals surface area (Å²) in [5.74, 6) is 2.38. The zero-order valence-electron chi connectivity index (χ0n) is 20.5. The van der Waals surface area contributed by atoms with Crippen LogP contribution in [0.25, 0.3) is 0 Å². The molecule has 0 spiro atoms. The standard InChI is InChI=1S/C26H42N4O2/c1-5-6-10-29(17-23-8-7-9-28(23)4)24(31)18-30(19(2)3)25(32)27-26-14-20-11-21(15-26)13-22(12-20)16-26/h7-9,19-22H,5-6,10-18H2,1-4H3,(H,27,32). The highest BCUT2D eigenvalue weighted by Crippen LogP contribution is 2.55. The van der Waals surface area contributed by atoms with Crippen LogP contribution in [0.2, 0.25) is 0 Å². The third-order valence-electron chi connectivity index (χ3n) is 8.14. The lowest BCUT2D eigenvalue weighted by Gasteiger charge is -2.57. The van der Waals surface area contributed by atoms with Gasteiger partial charge in [-0.2, -0.15) is 0 Å². The predicted octanol–water partition coefficient (Wildman–Crippen LogP) is 4.54. The van der Waals surface area contributed by atoms with Crippen LogP contribution in [0, 0.1) is 17.8 Å². The Hall–Kier alpha value is -1.98. The van der Waals surface area contributed by atoms with Crippen LogP contribution in [0.3, 0.4) is 0 Å². The van der Waals surface area contributed by atoms with Crippen LogP contribution >= 0.6 is 0 Å². The van der Waals surface area contributed by atoms with E-state index in [2.05, 4.69) is 22.9 Å². The van der Waals surface area contributed by atoms with Crippen molar-refractivity contribution in [3.63, 3.8) is 0 Å². The van der Waals surface area contributed by atoms with Crippen molar-refractivity contribution >= 4 is 11.9 Å². The number of amides is 3. The van der Waals surface area contributed by atoms with E-state index in [0.717, 1.165) is 62.1 Å². The lowest BCUT2D eigenvalue weighted by Crippen LogP contribution is -2.63. The smallest absolute Gasteiger partial charge is 0.318 e. The number of nitrogens with one attached hydrogen (secondary N) is 1. The zero-order valence-corrected chi connectivity index (χ0v) is 20.5. The van der Waals surface area contributed by atoms with E-state index < -0.39 is 0 Å². The van der Waals surface area contributed by atoms with E-state index in [1.54, 1.807) is 4.90 Å². The van der Waals surface area contributed by atoms with Gasteiger partial charge in [0.05, 0.1) is 6.54 Å². The lowest BCUT2D eigenvalue weighted by molar-refractivity contribution is -0.133. The molecule has 0 aromatic carbocycles. The first-order valence-electron chi connectivity index (χ1n) is 12.8. The average molecular weight is 443 g/mol. The number of urea groups is 1. The molecule has 0 atom stereocenters. The fraction of sp³-hybridized carbons (Fsp3) is 0.769. The Labute approximate surface area is 193 Å². The van der Waals surface area contributed by atoms with Crippen LogP contribution in [0.4, 0.5) is 4.79 Å².